The number of piperazine rings is 1. The van der Waals surface area contributed by atoms with E-state index in [1.807, 2.05) is 43.5 Å². The van der Waals surface area contributed by atoms with Gasteiger partial charge in [0.1, 0.15) is 5.82 Å². The normalized spacial score (nSPS) is 15.7. The maximum absolute atomic E-state index is 4.63. The molecule has 1 aliphatic rings. The highest BCUT2D eigenvalue weighted by Gasteiger charge is 2.20. The van der Waals surface area contributed by atoms with Crippen molar-refractivity contribution in [2.24, 2.45) is 0 Å². The van der Waals surface area contributed by atoms with Gasteiger partial charge in [0.2, 0.25) is 5.95 Å². The van der Waals surface area contributed by atoms with Gasteiger partial charge in [0.05, 0.1) is 5.69 Å². The molecule has 0 amide bonds. The van der Waals surface area contributed by atoms with Crippen molar-refractivity contribution in [2.45, 2.75) is 13.5 Å². The highest BCUT2D eigenvalue weighted by molar-refractivity contribution is 5.42. The molecule has 0 spiro atoms. The van der Waals surface area contributed by atoms with Gasteiger partial charge in [-0.25, -0.2) is 4.98 Å². The third kappa shape index (κ3) is 3.76. The summed E-state index contributed by atoms with van der Waals surface area (Å²) in [6.45, 7) is 6.95. The summed E-state index contributed by atoms with van der Waals surface area (Å²) in [4.78, 5) is 20.3. The highest BCUT2D eigenvalue weighted by atomic mass is 15.3. The first kappa shape index (κ1) is 15.7. The minimum Gasteiger partial charge on any atom is -0.363 e. The number of aromatic nitrogens is 3. The van der Waals surface area contributed by atoms with Gasteiger partial charge in [-0.3, -0.25) is 9.88 Å². The van der Waals surface area contributed by atoms with E-state index < -0.39 is 0 Å². The number of hydrogen-bond acceptors (Lipinski definition) is 6. The first-order chi connectivity index (χ1) is 11.1. The monoisotopic (exact) mass is 312 g/mol. The van der Waals surface area contributed by atoms with Gasteiger partial charge < -0.3 is 9.80 Å². The second kappa shape index (κ2) is 6.91. The lowest BCUT2D eigenvalue weighted by molar-refractivity contribution is 0.245. The van der Waals surface area contributed by atoms with Crippen molar-refractivity contribution < 1.29 is 0 Å². The van der Waals surface area contributed by atoms with Gasteiger partial charge in [-0.1, -0.05) is 6.07 Å². The van der Waals surface area contributed by atoms with E-state index in [0.29, 0.717) is 0 Å². The second-order valence-corrected chi connectivity index (χ2v) is 6.14. The second-order valence-electron chi connectivity index (χ2n) is 6.14. The quantitative estimate of drug-likeness (QED) is 0.854. The summed E-state index contributed by atoms with van der Waals surface area (Å²) in [5.74, 6) is 1.77. The molecule has 0 aliphatic carbocycles. The molecule has 122 valence electrons. The van der Waals surface area contributed by atoms with E-state index in [4.69, 9.17) is 0 Å². The molecule has 1 saturated heterocycles. The number of pyridine rings is 1. The van der Waals surface area contributed by atoms with Gasteiger partial charge in [-0.2, -0.15) is 4.98 Å². The fourth-order valence-electron chi connectivity index (χ4n) is 2.74. The molecule has 6 heteroatoms. The number of nitrogens with zero attached hydrogens (tertiary/aromatic N) is 6. The summed E-state index contributed by atoms with van der Waals surface area (Å²) < 4.78 is 0. The lowest BCUT2D eigenvalue weighted by Crippen LogP contribution is -2.46. The first-order valence-corrected chi connectivity index (χ1v) is 8.01. The number of anilines is 2. The standard InChI is InChI=1S/C17H24N6/c1-14-5-4-7-18-15(14)13-22-9-11-23(12-10-22)17-19-8-6-16(20-17)21(2)3/h4-8H,9-13H2,1-3H3. The molecule has 2 aromatic heterocycles. The van der Waals surface area contributed by atoms with Gasteiger partial charge in [0.15, 0.2) is 0 Å². The Bertz CT molecular complexity index is 649. The molecule has 0 atom stereocenters. The molecule has 2 aromatic rings. The van der Waals surface area contributed by atoms with Crippen molar-refractivity contribution in [3.63, 3.8) is 0 Å². The van der Waals surface area contributed by atoms with Crippen LogP contribution < -0.4 is 9.80 Å². The Kier molecular flexibility index (Phi) is 4.71. The van der Waals surface area contributed by atoms with Crippen LogP contribution in [0.25, 0.3) is 0 Å². The Balaban J connectivity index is 1.60. The Hall–Kier alpha value is -2.21. The van der Waals surface area contributed by atoms with Crippen molar-refractivity contribution in [2.75, 3.05) is 50.1 Å². The molecule has 1 aliphatic heterocycles. The molecular formula is C17H24N6. The van der Waals surface area contributed by atoms with E-state index in [1.165, 1.54) is 11.3 Å². The van der Waals surface area contributed by atoms with Gasteiger partial charge >= 0.3 is 0 Å². The Morgan fingerprint density at radius 2 is 1.83 bits per heavy atom. The highest BCUT2D eigenvalue weighted by Crippen LogP contribution is 2.16. The third-order valence-corrected chi connectivity index (χ3v) is 4.23. The minimum atomic E-state index is 0.824. The average Bonchev–Trinajstić information content (AvgIpc) is 2.58. The molecule has 0 N–H and O–H groups in total. The number of rotatable bonds is 4. The van der Waals surface area contributed by atoms with Crippen LogP contribution in [-0.2, 0) is 6.54 Å². The van der Waals surface area contributed by atoms with Crippen molar-refractivity contribution in [3.8, 4) is 0 Å². The summed E-state index contributed by atoms with van der Waals surface area (Å²) in [7, 11) is 4.00. The molecular weight excluding hydrogens is 288 g/mol. The molecule has 6 nitrogen and oxygen atoms in total. The van der Waals surface area contributed by atoms with E-state index in [-0.39, 0.29) is 0 Å². The predicted molar refractivity (Wildman–Crippen MR) is 92.8 cm³/mol. The Morgan fingerprint density at radius 1 is 1.04 bits per heavy atom. The fraction of sp³-hybridized carbons (Fsp3) is 0.471. The summed E-state index contributed by atoms with van der Waals surface area (Å²) in [6.07, 6.45) is 3.71. The minimum absolute atomic E-state index is 0.824. The van der Waals surface area contributed by atoms with E-state index in [0.717, 1.165) is 44.5 Å². The van der Waals surface area contributed by atoms with Gasteiger partial charge in [0.25, 0.3) is 0 Å². The van der Waals surface area contributed by atoms with Crippen LogP contribution in [0, 0.1) is 6.92 Å². The predicted octanol–water partition coefficient (Wildman–Crippen LogP) is 1.57. The Morgan fingerprint density at radius 3 is 2.52 bits per heavy atom. The SMILES string of the molecule is Cc1cccnc1CN1CCN(c2nccc(N(C)C)n2)CC1. The van der Waals surface area contributed by atoms with Crippen LogP contribution >= 0.6 is 0 Å². The van der Waals surface area contributed by atoms with Gasteiger partial charge in [-0.05, 0) is 24.6 Å². The van der Waals surface area contributed by atoms with Gasteiger partial charge in [0, 0.05) is 59.2 Å². The summed E-state index contributed by atoms with van der Waals surface area (Å²) in [5, 5.41) is 0. The van der Waals surface area contributed by atoms with Crippen LogP contribution in [0.3, 0.4) is 0 Å². The summed E-state index contributed by atoms with van der Waals surface area (Å²) in [6, 6.07) is 6.05. The summed E-state index contributed by atoms with van der Waals surface area (Å²) in [5.41, 5.74) is 2.43. The maximum atomic E-state index is 4.63. The largest absolute Gasteiger partial charge is 0.363 e. The van der Waals surface area contributed by atoms with Crippen LogP contribution in [-0.4, -0.2) is 60.1 Å². The van der Waals surface area contributed by atoms with Crippen molar-refractivity contribution >= 4 is 11.8 Å². The molecule has 0 bridgehead atoms. The average molecular weight is 312 g/mol. The number of aryl methyl sites for hydroxylation is 1. The molecule has 0 aromatic carbocycles. The van der Waals surface area contributed by atoms with E-state index >= 15 is 0 Å². The molecule has 0 radical (unpaired) electrons. The zero-order chi connectivity index (χ0) is 16.2. The Labute approximate surface area is 137 Å². The molecule has 0 unspecified atom stereocenters. The van der Waals surface area contributed by atoms with E-state index in [9.17, 15) is 0 Å². The van der Waals surface area contributed by atoms with Gasteiger partial charge in [-0.15, -0.1) is 0 Å². The smallest absolute Gasteiger partial charge is 0.227 e. The van der Waals surface area contributed by atoms with Crippen LogP contribution in [0.4, 0.5) is 11.8 Å². The zero-order valence-electron chi connectivity index (χ0n) is 14.1. The molecule has 3 rings (SSSR count). The lowest BCUT2D eigenvalue weighted by Gasteiger charge is -2.34. The maximum Gasteiger partial charge on any atom is 0.227 e. The van der Waals surface area contributed by atoms with Crippen LogP contribution in [0.2, 0.25) is 0 Å². The van der Waals surface area contributed by atoms with E-state index in [2.05, 4.69) is 37.7 Å². The van der Waals surface area contributed by atoms with Crippen molar-refractivity contribution in [3.05, 3.63) is 41.9 Å². The fourth-order valence-corrected chi connectivity index (χ4v) is 2.74. The van der Waals surface area contributed by atoms with Crippen LogP contribution in [0.5, 0.6) is 0 Å². The lowest BCUT2D eigenvalue weighted by atomic mass is 10.2. The van der Waals surface area contributed by atoms with Crippen LogP contribution in [0.15, 0.2) is 30.6 Å². The van der Waals surface area contributed by atoms with E-state index in [1.54, 1.807) is 0 Å². The van der Waals surface area contributed by atoms with Crippen LogP contribution in [0.1, 0.15) is 11.3 Å². The molecule has 3 heterocycles. The molecule has 23 heavy (non-hydrogen) atoms. The molecule has 1 fully saturated rings. The third-order valence-electron chi connectivity index (χ3n) is 4.23. The first-order valence-electron chi connectivity index (χ1n) is 8.01. The topological polar surface area (TPSA) is 48.4 Å². The molecule has 0 saturated carbocycles. The number of hydrogen-bond donors (Lipinski definition) is 0. The van der Waals surface area contributed by atoms with Crippen molar-refractivity contribution in [1.29, 1.82) is 0 Å². The summed E-state index contributed by atoms with van der Waals surface area (Å²) >= 11 is 0. The van der Waals surface area contributed by atoms with Crippen molar-refractivity contribution in [1.82, 2.24) is 19.9 Å². The zero-order valence-corrected chi connectivity index (χ0v) is 14.1.